The first-order valence-electron chi connectivity index (χ1n) is 8.88. The van der Waals surface area contributed by atoms with Crippen LogP contribution >= 0.6 is 11.3 Å². The summed E-state index contributed by atoms with van der Waals surface area (Å²) in [7, 11) is 0. The molecule has 0 aliphatic rings. The monoisotopic (exact) mass is 376 g/mol. The van der Waals surface area contributed by atoms with E-state index in [2.05, 4.69) is 55.6 Å². The van der Waals surface area contributed by atoms with E-state index in [9.17, 15) is 4.79 Å². The standard InChI is InChI=1S/C19H28N4O2S/c1-6-13(7-2)21-17(24)22-14-8-10-15(11-9-14)25-16-12-20-18(26-16)23-19(3,4)5/h8-13H,6-7H2,1-5H3,(H,20,23)(H2,21,22,24). The van der Waals surface area contributed by atoms with Crippen LogP contribution in [-0.4, -0.2) is 22.6 Å². The van der Waals surface area contributed by atoms with Crippen molar-refractivity contribution in [3.05, 3.63) is 30.5 Å². The molecule has 0 saturated carbocycles. The van der Waals surface area contributed by atoms with Crippen molar-refractivity contribution in [1.29, 1.82) is 0 Å². The smallest absolute Gasteiger partial charge is 0.319 e. The number of benzene rings is 1. The highest BCUT2D eigenvalue weighted by atomic mass is 32.1. The van der Waals surface area contributed by atoms with Crippen LogP contribution in [0.4, 0.5) is 15.6 Å². The van der Waals surface area contributed by atoms with Gasteiger partial charge >= 0.3 is 6.03 Å². The molecule has 0 aliphatic heterocycles. The second kappa shape index (κ2) is 8.89. The Morgan fingerprint density at radius 1 is 1.19 bits per heavy atom. The molecule has 1 aromatic heterocycles. The number of carbonyl (C=O) groups excluding carboxylic acids is 1. The van der Waals surface area contributed by atoms with E-state index in [-0.39, 0.29) is 17.6 Å². The van der Waals surface area contributed by atoms with Crippen molar-refractivity contribution in [3.63, 3.8) is 0 Å². The second-order valence-electron chi connectivity index (χ2n) is 7.10. The van der Waals surface area contributed by atoms with Gasteiger partial charge in [-0.2, -0.15) is 0 Å². The molecule has 7 heteroatoms. The Balaban J connectivity index is 1.90. The van der Waals surface area contributed by atoms with Crippen LogP contribution in [0.1, 0.15) is 47.5 Å². The molecule has 6 nitrogen and oxygen atoms in total. The van der Waals surface area contributed by atoms with Crippen molar-refractivity contribution in [2.75, 3.05) is 10.6 Å². The Morgan fingerprint density at radius 2 is 1.85 bits per heavy atom. The number of anilines is 2. The summed E-state index contributed by atoms with van der Waals surface area (Å²) in [5.74, 6) is 0.696. The van der Waals surface area contributed by atoms with Gasteiger partial charge in [0.05, 0.1) is 6.20 Å². The van der Waals surface area contributed by atoms with Crippen molar-refractivity contribution < 1.29 is 9.53 Å². The zero-order valence-corrected chi connectivity index (χ0v) is 16.9. The van der Waals surface area contributed by atoms with Gasteiger partial charge in [-0.25, -0.2) is 9.78 Å². The molecule has 3 N–H and O–H groups in total. The molecule has 2 amide bonds. The highest BCUT2D eigenvalue weighted by Gasteiger charge is 2.13. The predicted octanol–water partition coefficient (Wildman–Crippen LogP) is 5.46. The van der Waals surface area contributed by atoms with E-state index in [1.807, 2.05) is 24.3 Å². The average Bonchev–Trinajstić information content (AvgIpc) is 2.99. The fraction of sp³-hybridized carbons (Fsp3) is 0.474. The first kappa shape index (κ1) is 20.0. The third-order valence-electron chi connectivity index (χ3n) is 3.62. The normalized spacial score (nSPS) is 11.3. The van der Waals surface area contributed by atoms with E-state index in [0.717, 1.165) is 23.7 Å². The van der Waals surface area contributed by atoms with E-state index >= 15 is 0 Å². The lowest BCUT2D eigenvalue weighted by molar-refractivity contribution is 0.247. The van der Waals surface area contributed by atoms with Gasteiger partial charge in [-0.1, -0.05) is 25.2 Å². The summed E-state index contributed by atoms with van der Waals surface area (Å²) >= 11 is 1.46. The Kier molecular flexibility index (Phi) is 6.85. The number of hydrogen-bond donors (Lipinski definition) is 3. The number of nitrogens with one attached hydrogen (secondary N) is 3. The summed E-state index contributed by atoms with van der Waals surface area (Å²) in [4.78, 5) is 16.3. The molecule has 2 aromatic rings. The van der Waals surface area contributed by atoms with Gasteiger partial charge in [-0.05, 0) is 57.9 Å². The largest absolute Gasteiger partial charge is 0.445 e. The minimum absolute atomic E-state index is 0.0441. The van der Waals surface area contributed by atoms with Crippen molar-refractivity contribution in [2.45, 2.75) is 59.0 Å². The highest BCUT2D eigenvalue weighted by Crippen LogP contribution is 2.32. The summed E-state index contributed by atoms with van der Waals surface area (Å²) < 4.78 is 5.82. The van der Waals surface area contributed by atoms with Crippen LogP contribution in [0, 0.1) is 0 Å². The van der Waals surface area contributed by atoms with Gasteiger partial charge in [0.1, 0.15) is 5.75 Å². The molecule has 0 unspecified atom stereocenters. The summed E-state index contributed by atoms with van der Waals surface area (Å²) in [6.07, 6.45) is 3.53. The van der Waals surface area contributed by atoms with Gasteiger partial charge in [0, 0.05) is 17.3 Å². The molecule has 0 bridgehead atoms. The number of aromatic nitrogens is 1. The van der Waals surface area contributed by atoms with Crippen LogP contribution in [0.2, 0.25) is 0 Å². The van der Waals surface area contributed by atoms with Gasteiger partial charge in [0.25, 0.3) is 0 Å². The molecule has 1 aromatic carbocycles. The van der Waals surface area contributed by atoms with Crippen molar-refractivity contribution in [3.8, 4) is 10.8 Å². The molecule has 142 valence electrons. The van der Waals surface area contributed by atoms with E-state index in [1.165, 1.54) is 11.3 Å². The molecule has 0 saturated heterocycles. The van der Waals surface area contributed by atoms with Crippen LogP contribution in [0.5, 0.6) is 10.8 Å². The molecule has 0 atom stereocenters. The number of nitrogens with zero attached hydrogens (tertiary/aromatic N) is 1. The number of thiazole rings is 1. The van der Waals surface area contributed by atoms with Gasteiger partial charge < -0.3 is 20.7 Å². The van der Waals surface area contributed by atoms with Crippen LogP contribution in [0.3, 0.4) is 0 Å². The average molecular weight is 377 g/mol. The SMILES string of the molecule is CCC(CC)NC(=O)Nc1ccc(Oc2cnc(NC(C)(C)C)s2)cc1. The zero-order valence-electron chi connectivity index (χ0n) is 16.1. The minimum atomic E-state index is -0.187. The highest BCUT2D eigenvalue weighted by molar-refractivity contribution is 7.17. The fourth-order valence-corrected chi connectivity index (χ4v) is 3.15. The molecular weight excluding hydrogens is 348 g/mol. The third-order valence-corrected chi connectivity index (χ3v) is 4.41. The van der Waals surface area contributed by atoms with Crippen LogP contribution in [0.25, 0.3) is 0 Å². The number of hydrogen-bond acceptors (Lipinski definition) is 5. The van der Waals surface area contributed by atoms with E-state index < -0.39 is 0 Å². The van der Waals surface area contributed by atoms with E-state index in [0.29, 0.717) is 10.8 Å². The topological polar surface area (TPSA) is 75.3 Å². The summed E-state index contributed by atoms with van der Waals surface area (Å²) in [5.41, 5.74) is 0.678. The van der Waals surface area contributed by atoms with Gasteiger partial charge in [0.2, 0.25) is 5.06 Å². The van der Waals surface area contributed by atoms with Crippen LogP contribution < -0.4 is 20.7 Å². The molecule has 0 radical (unpaired) electrons. The predicted molar refractivity (Wildman–Crippen MR) is 109 cm³/mol. The molecule has 0 aliphatic carbocycles. The molecular formula is C19H28N4O2S. The zero-order chi connectivity index (χ0) is 19.2. The maximum Gasteiger partial charge on any atom is 0.319 e. The Morgan fingerprint density at radius 3 is 2.42 bits per heavy atom. The Labute approximate surface area is 159 Å². The lowest BCUT2D eigenvalue weighted by Crippen LogP contribution is -2.37. The summed E-state index contributed by atoms with van der Waals surface area (Å²) in [6.45, 7) is 10.4. The van der Waals surface area contributed by atoms with Crippen molar-refractivity contribution >= 4 is 28.2 Å². The molecule has 26 heavy (non-hydrogen) atoms. The van der Waals surface area contributed by atoms with Gasteiger partial charge in [-0.15, -0.1) is 0 Å². The fourth-order valence-electron chi connectivity index (χ4n) is 2.25. The van der Waals surface area contributed by atoms with Crippen molar-refractivity contribution in [1.82, 2.24) is 10.3 Å². The number of amides is 2. The number of ether oxygens (including phenoxy) is 1. The maximum absolute atomic E-state index is 12.0. The first-order valence-corrected chi connectivity index (χ1v) is 9.70. The number of rotatable bonds is 7. The lowest BCUT2D eigenvalue weighted by Gasteiger charge is -2.19. The Hall–Kier alpha value is -2.28. The molecule has 0 fully saturated rings. The number of carbonyl (C=O) groups is 1. The minimum Gasteiger partial charge on any atom is -0.445 e. The summed E-state index contributed by atoms with van der Waals surface area (Å²) in [6, 6.07) is 7.29. The molecule has 1 heterocycles. The second-order valence-corrected chi connectivity index (χ2v) is 8.09. The third kappa shape index (κ3) is 6.55. The van der Waals surface area contributed by atoms with Crippen molar-refractivity contribution in [2.24, 2.45) is 0 Å². The molecule has 2 rings (SSSR count). The van der Waals surface area contributed by atoms with Crippen LogP contribution in [0.15, 0.2) is 30.5 Å². The number of urea groups is 1. The van der Waals surface area contributed by atoms with Gasteiger partial charge in [-0.3, -0.25) is 0 Å². The Bertz CT molecular complexity index is 703. The molecule has 0 spiro atoms. The maximum atomic E-state index is 12.0. The summed E-state index contributed by atoms with van der Waals surface area (Å²) in [5, 5.41) is 10.6. The lowest BCUT2D eigenvalue weighted by atomic mass is 10.1. The van der Waals surface area contributed by atoms with Gasteiger partial charge in [0.15, 0.2) is 5.13 Å². The van der Waals surface area contributed by atoms with Crippen LogP contribution in [-0.2, 0) is 0 Å². The quantitative estimate of drug-likeness (QED) is 0.600. The van der Waals surface area contributed by atoms with E-state index in [4.69, 9.17) is 4.74 Å². The van der Waals surface area contributed by atoms with E-state index in [1.54, 1.807) is 6.20 Å². The first-order chi connectivity index (χ1) is 12.3.